The van der Waals surface area contributed by atoms with Crippen LogP contribution >= 0.6 is 0 Å². The lowest BCUT2D eigenvalue weighted by Crippen LogP contribution is -2.18. The van der Waals surface area contributed by atoms with Crippen molar-refractivity contribution in [3.05, 3.63) is 41.9 Å². The molecule has 1 aromatic heterocycles. The second kappa shape index (κ2) is 7.04. The van der Waals surface area contributed by atoms with Crippen molar-refractivity contribution in [2.45, 2.75) is 19.5 Å². The van der Waals surface area contributed by atoms with Crippen molar-refractivity contribution in [1.29, 1.82) is 0 Å². The van der Waals surface area contributed by atoms with Crippen LogP contribution in [-0.4, -0.2) is 21.3 Å². The van der Waals surface area contributed by atoms with Gasteiger partial charge in [-0.05, 0) is 30.7 Å². The lowest BCUT2D eigenvalue weighted by atomic mass is 10.1. The average molecular weight is 291 g/mol. The molecule has 0 bridgehead atoms. The zero-order chi connectivity index (χ0) is 15.2. The summed E-state index contributed by atoms with van der Waals surface area (Å²) in [5.41, 5.74) is 2.17. The number of hydrogen-bond donors (Lipinski definition) is 1. The maximum Gasteiger partial charge on any atom is 0.203 e. The third kappa shape index (κ3) is 3.49. The van der Waals surface area contributed by atoms with Crippen LogP contribution in [-0.2, 0) is 6.54 Å². The number of methoxy groups -OCH3 is 3. The summed E-state index contributed by atoms with van der Waals surface area (Å²) in [5, 5.41) is 3.43. The second-order valence-corrected chi connectivity index (χ2v) is 4.69. The summed E-state index contributed by atoms with van der Waals surface area (Å²) < 4.78 is 21.1. The fraction of sp³-hybridized carbons (Fsp3) is 0.375. The molecule has 1 unspecified atom stereocenters. The van der Waals surface area contributed by atoms with Crippen LogP contribution in [0.2, 0.25) is 0 Å². The SMILES string of the molecule is COc1cc(C(C)NCc2ccoc2)cc(OC)c1OC. The highest BCUT2D eigenvalue weighted by Crippen LogP contribution is 2.39. The summed E-state index contributed by atoms with van der Waals surface area (Å²) >= 11 is 0. The van der Waals surface area contributed by atoms with Crippen LogP contribution in [0.25, 0.3) is 0 Å². The summed E-state index contributed by atoms with van der Waals surface area (Å²) in [6.07, 6.45) is 3.40. The average Bonchev–Trinajstić information content (AvgIpc) is 3.04. The Kier molecular flexibility index (Phi) is 5.11. The molecule has 2 rings (SSSR count). The molecule has 0 saturated heterocycles. The Morgan fingerprint density at radius 2 is 1.76 bits per heavy atom. The van der Waals surface area contributed by atoms with E-state index in [9.17, 15) is 0 Å². The molecule has 114 valence electrons. The van der Waals surface area contributed by atoms with E-state index in [-0.39, 0.29) is 6.04 Å². The highest BCUT2D eigenvalue weighted by Gasteiger charge is 2.16. The number of rotatable bonds is 7. The molecule has 2 aromatic rings. The Hall–Kier alpha value is -2.14. The normalized spacial score (nSPS) is 12.0. The summed E-state index contributed by atoms with van der Waals surface area (Å²) in [6, 6.07) is 5.98. The largest absolute Gasteiger partial charge is 0.493 e. The number of ether oxygens (including phenoxy) is 3. The van der Waals surface area contributed by atoms with Crippen molar-refractivity contribution in [3.63, 3.8) is 0 Å². The van der Waals surface area contributed by atoms with E-state index >= 15 is 0 Å². The molecule has 21 heavy (non-hydrogen) atoms. The first kappa shape index (κ1) is 15.3. The monoisotopic (exact) mass is 291 g/mol. The minimum absolute atomic E-state index is 0.133. The van der Waals surface area contributed by atoms with Crippen LogP contribution in [0.15, 0.2) is 35.1 Å². The molecule has 1 atom stereocenters. The van der Waals surface area contributed by atoms with Gasteiger partial charge in [-0.25, -0.2) is 0 Å². The predicted octanol–water partition coefficient (Wildman–Crippen LogP) is 3.16. The standard InChI is InChI=1S/C16H21NO4/c1-11(17-9-12-5-6-21-10-12)13-7-14(18-2)16(20-4)15(8-13)19-3/h5-8,10-11,17H,9H2,1-4H3. The maximum atomic E-state index is 5.37. The van der Waals surface area contributed by atoms with E-state index in [4.69, 9.17) is 18.6 Å². The first-order chi connectivity index (χ1) is 10.2. The molecule has 1 aromatic carbocycles. The zero-order valence-corrected chi connectivity index (χ0v) is 12.8. The zero-order valence-electron chi connectivity index (χ0n) is 12.8. The van der Waals surface area contributed by atoms with Gasteiger partial charge in [0.05, 0.1) is 33.9 Å². The van der Waals surface area contributed by atoms with E-state index in [1.807, 2.05) is 18.2 Å². The number of nitrogens with one attached hydrogen (secondary N) is 1. The molecule has 1 heterocycles. The quantitative estimate of drug-likeness (QED) is 0.849. The van der Waals surface area contributed by atoms with Crippen molar-refractivity contribution in [2.24, 2.45) is 0 Å². The van der Waals surface area contributed by atoms with Gasteiger partial charge in [0.1, 0.15) is 0 Å². The summed E-state index contributed by atoms with van der Waals surface area (Å²) in [7, 11) is 4.83. The summed E-state index contributed by atoms with van der Waals surface area (Å²) in [6.45, 7) is 2.81. The third-order valence-electron chi connectivity index (χ3n) is 3.38. The molecule has 0 aliphatic rings. The van der Waals surface area contributed by atoms with E-state index in [1.165, 1.54) is 0 Å². The Morgan fingerprint density at radius 3 is 2.24 bits per heavy atom. The van der Waals surface area contributed by atoms with Gasteiger partial charge in [0, 0.05) is 18.2 Å². The van der Waals surface area contributed by atoms with Crippen molar-refractivity contribution >= 4 is 0 Å². The maximum absolute atomic E-state index is 5.37. The van der Waals surface area contributed by atoms with Crippen LogP contribution in [0.1, 0.15) is 24.1 Å². The van der Waals surface area contributed by atoms with Gasteiger partial charge < -0.3 is 23.9 Å². The lowest BCUT2D eigenvalue weighted by Gasteiger charge is -2.18. The molecule has 0 amide bonds. The van der Waals surface area contributed by atoms with Crippen molar-refractivity contribution in [3.8, 4) is 17.2 Å². The van der Waals surface area contributed by atoms with Gasteiger partial charge in [-0.1, -0.05) is 0 Å². The van der Waals surface area contributed by atoms with Crippen molar-refractivity contribution in [2.75, 3.05) is 21.3 Å². The van der Waals surface area contributed by atoms with E-state index in [2.05, 4.69) is 12.2 Å². The molecule has 5 nitrogen and oxygen atoms in total. The van der Waals surface area contributed by atoms with Crippen LogP contribution < -0.4 is 19.5 Å². The Morgan fingerprint density at radius 1 is 1.10 bits per heavy atom. The van der Waals surface area contributed by atoms with E-state index in [0.717, 1.165) is 17.7 Å². The molecule has 5 heteroatoms. The van der Waals surface area contributed by atoms with Gasteiger partial charge in [-0.15, -0.1) is 0 Å². The van der Waals surface area contributed by atoms with Gasteiger partial charge in [0.25, 0.3) is 0 Å². The highest BCUT2D eigenvalue weighted by molar-refractivity contribution is 5.54. The van der Waals surface area contributed by atoms with Crippen LogP contribution in [0.5, 0.6) is 17.2 Å². The Labute approximate surface area is 124 Å². The van der Waals surface area contributed by atoms with Gasteiger partial charge in [0.15, 0.2) is 11.5 Å². The molecule has 0 aliphatic carbocycles. The van der Waals surface area contributed by atoms with Gasteiger partial charge in [-0.2, -0.15) is 0 Å². The predicted molar refractivity (Wildman–Crippen MR) is 80.1 cm³/mol. The number of benzene rings is 1. The van der Waals surface area contributed by atoms with Gasteiger partial charge in [0.2, 0.25) is 5.75 Å². The molecule has 0 spiro atoms. The van der Waals surface area contributed by atoms with Crippen molar-refractivity contribution < 1.29 is 18.6 Å². The fourth-order valence-corrected chi connectivity index (χ4v) is 2.13. The van der Waals surface area contributed by atoms with Gasteiger partial charge in [-0.3, -0.25) is 0 Å². The molecule has 1 N–H and O–H groups in total. The molecular formula is C16H21NO4. The Bertz CT molecular complexity index is 541. The van der Waals surface area contributed by atoms with E-state index in [1.54, 1.807) is 33.9 Å². The molecule has 0 radical (unpaired) electrons. The first-order valence-electron chi connectivity index (χ1n) is 6.74. The lowest BCUT2D eigenvalue weighted by molar-refractivity contribution is 0.323. The topological polar surface area (TPSA) is 52.9 Å². The van der Waals surface area contributed by atoms with Crippen molar-refractivity contribution in [1.82, 2.24) is 5.32 Å². The summed E-state index contributed by atoms with van der Waals surface area (Å²) in [4.78, 5) is 0. The molecular weight excluding hydrogens is 270 g/mol. The minimum Gasteiger partial charge on any atom is -0.493 e. The van der Waals surface area contributed by atoms with Crippen LogP contribution in [0.4, 0.5) is 0 Å². The second-order valence-electron chi connectivity index (χ2n) is 4.69. The van der Waals surface area contributed by atoms with Crippen LogP contribution in [0, 0.1) is 0 Å². The van der Waals surface area contributed by atoms with E-state index < -0.39 is 0 Å². The highest BCUT2D eigenvalue weighted by atomic mass is 16.5. The first-order valence-corrected chi connectivity index (χ1v) is 6.74. The molecule has 0 aliphatic heterocycles. The number of hydrogen-bond acceptors (Lipinski definition) is 5. The molecule has 0 saturated carbocycles. The smallest absolute Gasteiger partial charge is 0.203 e. The summed E-state index contributed by atoms with van der Waals surface area (Å²) in [5.74, 6) is 1.92. The van der Waals surface area contributed by atoms with Crippen LogP contribution in [0.3, 0.4) is 0 Å². The Balaban J connectivity index is 2.18. The van der Waals surface area contributed by atoms with E-state index in [0.29, 0.717) is 17.2 Å². The fourth-order valence-electron chi connectivity index (χ4n) is 2.13. The van der Waals surface area contributed by atoms with Gasteiger partial charge >= 0.3 is 0 Å². The molecule has 0 fully saturated rings. The third-order valence-corrected chi connectivity index (χ3v) is 3.38. The minimum atomic E-state index is 0.133. The number of furan rings is 1.